The lowest BCUT2D eigenvalue weighted by Crippen LogP contribution is -2.38. The maximum atomic E-state index is 10.3. The van der Waals surface area contributed by atoms with Crippen molar-refractivity contribution in [3.05, 3.63) is 179 Å². The number of aliphatic hydroxyl groups is 1. The summed E-state index contributed by atoms with van der Waals surface area (Å²) in [4.78, 5) is 9.48. The van der Waals surface area contributed by atoms with Gasteiger partial charge in [-0.2, -0.15) is 5.10 Å². The van der Waals surface area contributed by atoms with Gasteiger partial charge in [-0.15, -0.1) is 0 Å². The van der Waals surface area contributed by atoms with E-state index in [1.54, 1.807) is 6.33 Å². The Morgan fingerprint density at radius 3 is 1.84 bits per heavy atom. The highest BCUT2D eigenvalue weighted by atomic mass is 35.5. The van der Waals surface area contributed by atoms with Crippen molar-refractivity contribution in [1.29, 1.82) is 0 Å². The first kappa shape index (κ1) is 28.5. The Kier molecular flexibility index (Phi) is 7.86. The number of fused-ring (bicyclic) bond motifs is 1. The van der Waals surface area contributed by atoms with Gasteiger partial charge in [0.25, 0.3) is 0 Å². The zero-order valence-electron chi connectivity index (χ0n) is 24.4. The summed E-state index contributed by atoms with van der Waals surface area (Å²) in [5.41, 5.74) is 4.84. The molecule has 0 saturated carbocycles. The summed E-state index contributed by atoms with van der Waals surface area (Å²) in [7, 11) is 0. The Hall–Kier alpha value is -5.24. The van der Waals surface area contributed by atoms with Gasteiger partial charge in [0.2, 0.25) is 0 Å². The van der Waals surface area contributed by atoms with Gasteiger partial charge in [0, 0.05) is 6.07 Å². The third kappa shape index (κ3) is 5.37. The molecule has 0 fully saturated rings. The molecule has 0 aliphatic heterocycles. The minimum absolute atomic E-state index is 0.255. The van der Waals surface area contributed by atoms with Crippen LogP contribution in [0.25, 0.3) is 11.0 Å². The number of rotatable bonds is 10. The largest absolute Gasteiger partial charge is 0.487 e. The molecule has 2 aromatic heterocycles. The predicted octanol–water partition coefficient (Wildman–Crippen LogP) is 7.24. The maximum Gasteiger partial charge on any atom is 0.170 e. The molecule has 222 valence electrons. The van der Waals surface area contributed by atoms with E-state index in [1.807, 2.05) is 106 Å². The number of aromatic nitrogens is 5. The number of imidazole rings is 1. The topological polar surface area (TPSA) is 78.0 Å². The first-order chi connectivity index (χ1) is 22.2. The molecule has 7 nitrogen and oxygen atoms in total. The van der Waals surface area contributed by atoms with Gasteiger partial charge in [0.1, 0.15) is 36.7 Å². The van der Waals surface area contributed by atoms with Crippen LogP contribution in [0.1, 0.15) is 33.9 Å². The number of aliphatic hydroxyl groups excluding tert-OH is 1. The molecule has 8 heteroatoms. The van der Waals surface area contributed by atoms with Crippen LogP contribution in [-0.2, 0) is 25.3 Å². The van der Waals surface area contributed by atoms with Crippen molar-refractivity contribution in [1.82, 2.24) is 24.3 Å². The Morgan fingerprint density at radius 1 is 0.733 bits per heavy atom. The first-order valence-electron chi connectivity index (χ1n) is 14.7. The van der Waals surface area contributed by atoms with Crippen molar-refractivity contribution in [2.75, 3.05) is 0 Å². The Labute approximate surface area is 266 Å². The lowest BCUT2D eigenvalue weighted by Gasteiger charge is -2.35. The molecule has 2 heterocycles. The summed E-state index contributed by atoms with van der Waals surface area (Å²) in [6, 6.07) is 44.6. The molecular weight excluding hydrogens is 582 g/mol. The van der Waals surface area contributed by atoms with Gasteiger partial charge in [-0.25, -0.2) is 14.6 Å². The number of ether oxygens (including phenoxy) is 1. The van der Waals surface area contributed by atoms with E-state index in [4.69, 9.17) is 31.4 Å². The summed E-state index contributed by atoms with van der Waals surface area (Å²) >= 11 is 6.70. The normalized spacial score (nSPS) is 11.6. The zero-order valence-corrected chi connectivity index (χ0v) is 25.1. The van der Waals surface area contributed by atoms with E-state index < -0.39 is 5.54 Å². The molecule has 5 aromatic carbocycles. The van der Waals surface area contributed by atoms with Gasteiger partial charge in [-0.1, -0.05) is 133 Å². The quantitative estimate of drug-likeness (QED) is 0.165. The van der Waals surface area contributed by atoms with Crippen molar-refractivity contribution < 1.29 is 9.84 Å². The van der Waals surface area contributed by atoms with Gasteiger partial charge in [-0.05, 0) is 28.3 Å². The summed E-state index contributed by atoms with van der Waals surface area (Å²) in [6.45, 7) is 0.413. The van der Waals surface area contributed by atoms with Crippen molar-refractivity contribution in [2.45, 2.75) is 25.3 Å². The molecular formula is C37H30ClN5O2. The molecule has 0 atom stereocenters. The number of benzene rings is 5. The molecule has 45 heavy (non-hydrogen) atoms. The molecule has 0 amide bonds. The molecule has 7 aromatic rings. The van der Waals surface area contributed by atoms with Crippen molar-refractivity contribution in [2.24, 2.45) is 0 Å². The fraction of sp³-hybridized carbons (Fsp3) is 0.108. The van der Waals surface area contributed by atoms with Crippen molar-refractivity contribution in [3.63, 3.8) is 0 Å². The van der Waals surface area contributed by atoms with Crippen LogP contribution in [0.15, 0.2) is 140 Å². The summed E-state index contributed by atoms with van der Waals surface area (Å²) in [5, 5.41) is 15.8. The van der Waals surface area contributed by atoms with E-state index in [2.05, 4.69) is 36.4 Å². The van der Waals surface area contributed by atoms with Gasteiger partial charge >= 0.3 is 0 Å². The van der Waals surface area contributed by atoms with Gasteiger partial charge in [0.05, 0.1) is 22.6 Å². The maximum absolute atomic E-state index is 10.3. The highest BCUT2D eigenvalue weighted by Gasteiger charge is 2.39. The number of nitrogens with zero attached hydrogens (tertiary/aromatic N) is 5. The predicted molar refractivity (Wildman–Crippen MR) is 175 cm³/mol. The van der Waals surface area contributed by atoms with Crippen LogP contribution >= 0.6 is 11.6 Å². The highest BCUT2D eigenvalue weighted by molar-refractivity contribution is 6.32. The SMILES string of the molecule is OCc1nc2cc(OCc3ccccc3)c(Cl)cc2n1Cc1ncn(C(c2ccccc2)(c2ccccc2)c2ccccc2)n1. The molecule has 0 aliphatic rings. The lowest BCUT2D eigenvalue weighted by atomic mass is 9.77. The number of halogens is 1. The third-order valence-corrected chi connectivity index (χ3v) is 8.31. The zero-order chi connectivity index (χ0) is 30.6. The molecule has 1 N–H and O–H groups in total. The molecule has 0 unspecified atom stereocenters. The highest BCUT2D eigenvalue weighted by Crippen LogP contribution is 2.40. The van der Waals surface area contributed by atoms with Crippen LogP contribution in [-0.4, -0.2) is 29.4 Å². The van der Waals surface area contributed by atoms with Gasteiger partial charge in [0.15, 0.2) is 5.82 Å². The van der Waals surface area contributed by atoms with E-state index in [-0.39, 0.29) is 13.2 Å². The van der Waals surface area contributed by atoms with Crippen LogP contribution < -0.4 is 4.74 Å². The molecule has 0 saturated heterocycles. The monoisotopic (exact) mass is 611 g/mol. The van der Waals surface area contributed by atoms with Gasteiger partial charge < -0.3 is 14.4 Å². The summed E-state index contributed by atoms with van der Waals surface area (Å²) < 4.78 is 9.86. The van der Waals surface area contributed by atoms with E-state index in [0.29, 0.717) is 34.5 Å². The summed E-state index contributed by atoms with van der Waals surface area (Å²) in [5.74, 6) is 1.58. The Bertz CT molecular complexity index is 1930. The summed E-state index contributed by atoms with van der Waals surface area (Å²) in [6.07, 6.45) is 1.78. The van der Waals surface area contributed by atoms with Gasteiger partial charge in [-0.3, -0.25) is 0 Å². The fourth-order valence-corrected chi connectivity index (χ4v) is 6.14. The second-order valence-electron chi connectivity index (χ2n) is 10.7. The first-order valence-corrected chi connectivity index (χ1v) is 15.1. The molecule has 0 spiro atoms. The third-order valence-electron chi connectivity index (χ3n) is 8.02. The molecule has 7 rings (SSSR count). The lowest BCUT2D eigenvalue weighted by molar-refractivity contribution is 0.266. The minimum Gasteiger partial charge on any atom is -0.487 e. The fourth-order valence-electron chi connectivity index (χ4n) is 5.93. The number of hydrogen-bond acceptors (Lipinski definition) is 5. The van der Waals surface area contributed by atoms with E-state index in [0.717, 1.165) is 27.8 Å². The number of hydrogen-bond donors (Lipinski definition) is 1. The van der Waals surface area contributed by atoms with Crippen molar-refractivity contribution in [3.8, 4) is 5.75 Å². The molecule has 0 bridgehead atoms. The standard InChI is InChI=1S/C37H30ClN5O2/c38-31-21-33-32(22-34(31)45-25-27-13-5-1-6-14-27)40-36(24-44)42(33)23-35-39-26-43(41-35)37(28-15-7-2-8-16-28,29-17-9-3-10-18-29)30-19-11-4-12-20-30/h1-22,26,44H,23-25H2. The molecule has 0 aliphatic carbocycles. The smallest absolute Gasteiger partial charge is 0.170 e. The van der Waals surface area contributed by atoms with Crippen LogP contribution in [0.2, 0.25) is 5.02 Å². The van der Waals surface area contributed by atoms with Crippen LogP contribution in [0.3, 0.4) is 0 Å². The van der Waals surface area contributed by atoms with Crippen LogP contribution in [0, 0.1) is 0 Å². The van der Waals surface area contributed by atoms with Crippen LogP contribution in [0.5, 0.6) is 5.75 Å². The van der Waals surface area contributed by atoms with Crippen molar-refractivity contribution >= 4 is 22.6 Å². The van der Waals surface area contributed by atoms with Crippen LogP contribution in [0.4, 0.5) is 0 Å². The Morgan fingerprint density at radius 2 is 1.29 bits per heavy atom. The Balaban J connectivity index is 1.29. The average molecular weight is 612 g/mol. The second-order valence-corrected chi connectivity index (χ2v) is 11.1. The average Bonchev–Trinajstić information content (AvgIpc) is 3.70. The van der Waals surface area contributed by atoms with E-state index in [9.17, 15) is 5.11 Å². The van der Waals surface area contributed by atoms with E-state index >= 15 is 0 Å². The second kappa shape index (κ2) is 12.4. The van der Waals surface area contributed by atoms with E-state index in [1.165, 1.54) is 0 Å². The molecule has 0 radical (unpaired) electrons. The minimum atomic E-state index is -0.778.